The number of carbonyl (C=O) groups is 1. The van der Waals surface area contributed by atoms with E-state index in [0.29, 0.717) is 10.8 Å². The number of methoxy groups -OCH3 is 1. The standard InChI is InChI=1S/C24H25ClN2O5S/c1-18-7-6-8-20(15-18)32-14-13-26-24(28)17-27(22-16-19(25)11-12-23(22)31-2)33(29,30)21-9-4-3-5-10-21/h3-12,15-16H,13-14,17H2,1-2H3,(H,26,28). The summed E-state index contributed by atoms with van der Waals surface area (Å²) < 4.78 is 38.8. The molecule has 0 atom stereocenters. The average molecular weight is 489 g/mol. The number of hydrogen-bond acceptors (Lipinski definition) is 5. The molecule has 0 unspecified atom stereocenters. The summed E-state index contributed by atoms with van der Waals surface area (Å²) in [5.41, 5.74) is 1.23. The van der Waals surface area contributed by atoms with E-state index < -0.39 is 22.5 Å². The lowest BCUT2D eigenvalue weighted by atomic mass is 10.2. The number of nitrogens with one attached hydrogen (secondary N) is 1. The van der Waals surface area contributed by atoms with E-state index in [1.165, 1.54) is 25.3 Å². The Kier molecular flexibility index (Phi) is 8.19. The predicted molar refractivity (Wildman–Crippen MR) is 129 cm³/mol. The summed E-state index contributed by atoms with van der Waals surface area (Å²) in [5, 5.41) is 3.01. The summed E-state index contributed by atoms with van der Waals surface area (Å²) in [4.78, 5) is 12.8. The molecule has 0 saturated carbocycles. The van der Waals surface area contributed by atoms with Crippen LogP contribution in [-0.2, 0) is 14.8 Å². The van der Waals surface area contributed by atoms with Gasteiger partial charge >= 0.3 is 0 Å². The lowest BCUT2D eigenvalue weighted by Crippen LogP contribution is -2.42. The number of halogens is 1. The lowest BCUT2D eigenvalue weighted by Gasteiger charge is -2.25. The highest BCUT2D eigenvalue weighted by atomic mass is 35.5. The van der Waals surface area contributed by atoms with Crippen molar-refractivity contribution in [1.82, 2.24) is 5.32 Å². The molecule has 9 heteroatoms. The number of anilines is 1. The Morgan fingerprint density at radius 1 is 1.03 bits per heavy atom. The van der Waals surface area contributed by atoms with Gasteiger partial charge in [0, 0.05) is 5.02 Å². The number of ether oxygens (including phenoxy) is 2. The topological polar surface area (TPSA) is 84.9 Å². The molecule has 0 bridgehead atoms. The number of benzene rings is 3. The fourth-order valence-electron chi connectivity index (χ4n) is 3.13. The molecule has 3 aromatic rings. The van der Waals surface area contributed by atoms with Gasteiger partial charge in [-0.25, -0.2) is 8.42 Å². The average Bonchev–Trinajstić information content (AvgIpc) is 2.81. The fraction of sp³-hybridized carbons (Fsp3) is 0.208. The van der Waals surface area contributed by atoms with Crippen molar-refractivity contribution in [3.63, 3.8) is 0 Å². The zero-order chi connectivity index (χ0) is 23.8. The highest BCUT2D eigenvalue weighted by Crippen LogP contribution is 2.34. The van der Waals surface area contributed by atoms with Crippen LogP contribution < -0.4 is 19.1 Å². The third-order valence-electron chi connectivity index (χ3n) is 4.71. The number of sulfonamides is 1. The van der Waals surface area contributed by atoms with Crippen LogP contribution in [0.4, 0.5) is 5.69 Å². The molecule has 174 valence electrons. The molecule has 1 amide bonds. The van der Waals surface area contributed by atoms with Crippen LogP contribution in [0, 0.1) is 6.92 Å². The predicted octanol–water partition coefficient (Wildman–Crippen LogP) is 4.05. The molecule has 7 nitrogen and oxygen atoms in total. The van der Waals surface area contributed by atoms with Crippen molar-refractivity contribution in [2.45, 2.75) is 11.8 Å². The number of rotatable bonds is 10. The molecule has 3 aromatic carbocycles. The first-order valence-electron chi connectivity index (χ1n) is 10.2. The SMILES string of the molecule is COc1ccc(Cl)cc1N(CC(=O)NCCOc1cccc(C)c1)S(=O)(=O)c1ccccc1. The van der Waals surface area contributed by atoms with Gasteiger partial charge in [0.25, 0.3) is 10.0 Å². The normalized spacial score (nSPS) is 11.0. The summed E-state index contributed by atoms with van der Waals surface area (Å²) in [6.45, 7) is 1.94. The number of nitrogens with zero attached hydrogens (tertiary/aromatic N) is 1. The molecule has 0 spiro atoms. The van der Waals surface area contributed by atoms with Crippen LogP contribution in [0.2, 0.25) is 5.02 Å². The van der Waals surface area contributed by atoms with Crippen LogP contribution in [-0.4, -0.2) is 41.1 Å². The van der Waals surface area contributed by atoms with Crippen LogP contribution >= 0.6 is 11.6 Å². The van der Waals surface area contributed by atoms with E-state index in [1.807, 2.05) is 31.2 Å². The Morgan fingerprint density at radius 3 is 2.48 bits per heavy atom. The second-order valence-electron chi connectivity index (χ2n) is 7.16. The van der Waals surface area contributed by atoms with E-state index in [2.05, 4.69) is 5.32 Å². The second kappa shape index (κ2) is 11.1. The van der Waals surface area contributed by atoms with Gasteiger partial charge < -0.3 is 14.8 Å². The third kappa shape index (κ3) is 6.40. The molecule has 1 N–H and O–H groups in total. The highest BCUT2D eigenvalue weighted by molar-refractivity contribution is 7.92. The van der Waals surface area contributed by atoms with Gasteiger partial charge in [0.2, 0.25) is 5.91 Å². The maximum atomic E-state index is 13.4. The van der Waals surface area contributed by atoms with Gasteiger partial charge in [-0.3, -0.25) is 9.10 Å². The summed E-state index contributed by atoms with van der Waals surface area (Å²) >= 11 is 6.13. The molecule has 0 fully saturated rings. The van der Waals surface area contributed by atoms with Crippen LogP contribution in [0.3, 0.4) is 0 Å². The van der Waals surface area contributed by atoms with E-state index in [-0.39, 0.29) is 29.5 Å². The fourth-order valence-corrected chi connectivity index (χ4v) is 4.74. The number of carbonyl (C=O) groups excluding carboxylic acids is 1. The van der Waals surface area contributed by atoms with Crippen molar-refractivity contribution in [3.8, 4) is 11.5 Å². The van der Waals surface area contributed by atoms with E-state index in [0.717, 1.165) is 9.87 Å². The summed E-state index contributed by atoms with van der Waals surface area (Å²) in [6, 6.07) is 20.0. The van der Waals surface area contributed by atoms with Crippen molar-refractivity contribution in [2.75, 3.05) is 31.1 Å². The number of amides is 1. The first-order chi connectivity index (χ1) is 15.8. The Hall–Kier alpha value is -3.23. The summed E-state index contributed by atoms with van der Waals surface area (Å²) in [7, 11) is -2.65. The van der Waals surface area contributed by atoms with Gasteiger partial charge in [-0.2, -0.15) is 0 Å². The minimum Gasteiger partial charge on any atom is -0.495 e. The molecule has 3 rings (SSSR count). The Bertz CT molecular complexity index is 1200. The van der Waals surface area contributed by atoms with E-state index in [4.69, 9.17) is 21.1 Å². The molecule has 0 aliphatic rings. The van der Waals surface area contributed by atoms with Crippen LogP contribution in [0.25, 0.3) is 0 Å². The molecule has 0 aliphatic heterocycles. The molecule has 0 radical (unpaired) electrons. The van der Waals surface area contributed by atoms with Gasteiger partial charge in [-0.15, -0.1) is 0 Å². The number of hydrogen-bond donors (Lipinski definition) is 1. The first-order valence-corrected chi connectivity index (χ1v) is 12.0. The van der Waals surface area contributed by atoms with Crippen LogP contribution in [0.5, 0.6) is 11.5 Å². The number of aryl methyl sites for hydroxylation is 1. The van der Waals surface area contributed by atoms with Crippen LogP contribution in [0.1, 0.15) is 5.56 Å². The third-order valence-corrected chi connectivity index (χ3v) is 6.72. The molecular weight excluding hydrogens is 464 g/mol. The monoisotopic (exact) mass is 488 g/mol. The zero-order valence-corrected chi connectivity index (χ0v) is 19.9. The molecule has 0 heterocycles. The van der Waals surface area contributed by atoms with E-state index in [1.54, 1.807) is 30.3 Å². The molecule has 33 heavy (non-hydrogen) atoms. The van der Waals surface area contributed by atoms with Crippen molar-refractivity contribution in [3.05, 3.63) is 83.4 Å². The Balaban J connectivity index is 1.77. The molecular formula is C24H25ClN2O5S. The minimum absolute atomic E-state index is 0.0441. The van der Waals surface area contributed by atoms with Crippen LogP contribution in [0.15, 0.2) is 77.7 Å². The largest absolute Gasteiger partial charge is 0.495 e. The highest BCUT2D eigenvalue weighted by Gasteiger charge is 2.29. The quantitative estimate of drug-likeness (QED) is 0.435. The van der Waals surface area contributed by atoms with E-state index in [9.17, 15) is 13.2 Å². The van der Waals surface area contributed by atoms with Crippen molar-refractivity contribution in [2.24, 2.45) is 0 Å². The first kappa shape index (κ1) is 24.4. The molecule has 0 saturated heterocycles. The maximum absolute atomic E-state index is 13.4. The van der Waals surface area contributed by atoms with Crippen molar-refractivity contribution < 1.29 is 22.7 Å². The van der Waals surface area contributed by atoms with Crippen molar-refractivity contribution >= 4 is 33.2 Å². The second-order valence-corrected chi connectivity index (χ2v) is 9.45. The molecule has 0 aromatic heterocycles. The van der Waals surface area contributed by atoms with E-state index >= 15 is 0 Å². The Morgan fingerprint density at radius 2 is 1.79 bits per heavy atom. The minimum atomic E-state index is -4.07. The lowest BCUT2D eigenvalue weighted by molar-refractivity contribution is -0.119. The van der Waals surface area contributed by atoms with Gasteiger partial charge in [-0.1, -0.05) is 41.9 Å². The molecule has 0 aliphatic carbocycles. The summed E-state index contributed by atoms with van der Waals surface area (Å²) in [5.74, 6) is 0.472. The Labute approximate surface area is 198 Å². The zero-order valence-electron chi connectivity index (χ0n) is 18.3. The van der Waals surface area contributed by atoms with Gasteiger partial charge in [0.15, 0.2) is 0 Å². The van der Waals surface area contributed by atoms with Gasteiger partial charge in [0.05, 0.1) is 24.2 Å². The smallest absolute Gasteiger partial charge is 0.264 e. The van der Waals surface area contributed by atoms with Gasteiger partial charge in [-0.05, 0) is 55.0 Å². The van der Waals surface area contributed by atoms with Crippen molar-refractivity contribution in [1.29, 1.82) is 0 Å². The van der Waals surface area contributed by atoms with Gasteiger partial charge in [0.1, 0.15) is 24.7 Å². The summed E-state index contributed by atoms with van der Waals surface area (Å²) in [6.07, 6.45) is 0. The maximum Gasteiger partial charge on any atom is 0.264 e.